The van der Waals surface area contributed by atoms with Crippen LogP contribution in [0, 0.1) is 0 Å². The topological polar surface area (TPSA) is 68.8 Å². The lowest BCUT2D eigenvalue weighted by Crippen LogP contribution is -2.54. The molecule has 140 valence electrons. The van der Waals surface area contributed by atoms with Crippen molar-refractivity contribution in [1.29, 1.82) is 0 Å². The van der Waals surface area contributed by atoms with E-state index >= 15 is 0 Å². The maximum Gasteiger partial charge on any atom is 0.252 e. The fraction of sp³-hybridized carbons (Fsp3) is 0.632. The lowest BCUT2D eigenvalue weighted by molar-refractivity contribution is -0.147. The molecule has 1 saturated heterocycles. The number of methoxy groups -OCH3 is 1. The van der Waals surface area contributed by atoms with Crippen LogP contribution >= 0.6 is 0 Å². The van der Waals surface area contributed by atoms with Crippen LogP contribution in [0.25, 0.3) is 0 Å². The summed E-state index contributed by atoms with van der Waals surface area (Å²) in [7, 11) is 1.61. The predicted octanol–water partition coefficient (Wildman–Crippen LogP) is 2.43. The number of ether oxygens (including phenoxy) is 3. The number of hydrogen-bond donors (Lipinski definition) is 2. The maximum atomic E-state index is 12.8. The molecular formula is C19H30N2O4. The van der Waals surface area contributed by atoms with Gasteiger partial charge in [0.1, 0.15) is 5.60 Å². The molecule has 0 spiro atoms. The number of carbonyl (C=O) groups is 1. The molecule has 6 nitrogen and oxygen atoms in total. The van der Waals surface area contributed by atoms with Gasteiger partial charge < -0.3 is 24.8 Å². The van der Waals surface area contributed by atoms with Gasteiger partial charge in [0.05, 0.1) is 19.3 Å². The zero-order valence-electron chi connectivity index (χ0n) is 15.7. The largest absolute Gasteiger partial charge is 0.490 e. The summed E-state index contributed by atoms with van der Waals surface area (Å²) in [4.78, 5) is 12.8. The molecule has 2 N–H and O–H groups in total. The Bertz CT molecular complexity index is 571. The van der Waals surface area contributed by atoms with Crippen LogP contribution in [0.5, 0.6) is 11.5 Å². The summed E-state index contributed by atoms with van der Waals surface area (Å²) in [6, 6.07) is 5.63. The molecule has 6 heteroatoms. The zero-order valence-corrected chi connectivity index (χ0v) is 15.7. The molecule has 1 aromatic rings. The van der Waals surface area contributed by atoms with Gasteiger partial charge in [0.15, 0.2) is 11.5 Å². The third kappa shape index (κ3) is 4.64. The lowest BCUT2D eigenvalue weighted by atomic mass is 9.90. The molecule has 1 atom stereocenters. The lowest BCUT2D eigenvalue weighted by Gasteiger charge is -2.35. The Hall–Kier alpha value is -1.79. The number of rotatable bonds is 8. The first-order valence-electron chi connectivity index (χ1n) is 9.02. The van der Waals surface area contributed by atoms with Gasteiger partial charge >= 0.3 is 0 Å². The number of carbonyl (C=O) groups excluding carboxylic acids is 1. The van der Waals surface area contributed by atoms with E-state index in [4.69, 9.17) is 14.2 Å². The summed E-state index contributed by atoms with van der Waals surface area (Å²) in [6.45, 7) is 8.55. The molecule has 1 aliphatic rings. The fourth-order valence-corrected chi connectivity index (χ4v) is 3.10. The maximum absolute atomic E-state index is 12.8. The first kappa shape index (κ1) is 19.5. The molecule has 0 aliphatic carbocycles. The van der Waals surface area contributed by atoms with E-state index in [0.29, 0.717) is 31.8 Å². The number of nitrogens with one attached hydrogen (secondary N) is 2. The highest BCUT2D eigenvalue weighted by atomic mass is 16.5. The number of piperidine rings is 1. The van der Waals surface area contributed by atoms with E-state index in [1.165, 1.54) is 0 Å². The average molecular weight is 350 g/mol. The third-order valence-corrected chi connectivity index (χ3v) is 4.63. The molecule has 0 aromatic heterocycles. The molecule has 25 heavy (non-hydrogen) atoms. The number of hydrogen-bond acceptors (Lipinski definition) is 5. The molecular weight excluding hydrogens is 320 g/mol. The molecule has 1 heterocycles. The fourth-order valence-electron chi connectivity index (χ4n) is 3.10. The smallest absolute Gasteiger partial charge is 0.252 e. The molecule has 1 amide bonds. The minimum Gasteiger partial charge on any atom is -0.490 e. The molecule has 1 fully saturated rings. The van der Waals surface area contributed by atoms with Crippen molar-refractivity contribution in [3.8, 4) is 11.5 Å². The Morgan fingerprint density at radius 2 is 1.84 bits per heavy atom. The first-order chi connectivity index (χ1) is 12.1. The van der Waals surface area contributed by atoms with Crippen molar-refractivity contribution in [1.82, 2.24) is 10.6 Å². The summed E-state index contributed by atoms with van der Waals surface area (Å²) in [5, 5.41) is 6.35. The van der Waals surface area contributed by atoms with E-state index in [2.05, 4.69) is 10.6 Å². The van der Waals surface area contributed by atoms with Gasteiger partial charge in [-0.25, -0.2) is 0 Å². The van der Waals surface area contributed by atoms with Crippen LogP contribution in [0.2, 0.25) is 0 Å². The Balaban J connectivity index is 2.12. The van der Waals surface area contributed by atoms with Gasteiger partial charge in [-0.1, -0.05) is 6.07 Å². The van der Waals surface area contributed by atoms with Crippen molar-refractivity contribution in [2.75, 3.05) is 33.4 Å². The van der Waals surface area contributed by atoms with E-state index in [0.717, 1.165) is 24.4 Å². The van der Waals surface area contributed by atoms with Gasteiger partial charge in [-0.05, 0) is 64.4 Å². The second-order valence-electron chi connectivity index (χ2n) is 6.22. The highest BCUT2D eigenvalue weighted by molar-refractivity contribution is 5.85. The van der Waals surface area contributed by atoms with Crippen LogP contribution in [0.4, 0.5) is 0 Å². The Morgan fingerprint density at radius 1 is 1.20 bits per heavy atom. The summed E-state index contributed by atoms with van der Waals surface area (Å²) < 4.78 is 16.9. The summed E-state index contributed by atoms with van der Waals surface area (Å²) in [6.07, 6.45) is 1.35. The predicted molar refractivity (Wildman–Crippen MR) is 97.2 cm³/mol. The SMILES string of the molecule is CCOc1ccc(C(C)NC(=O)C2(OC)CCNCC2)cc1OCC. The monoisotopic (exact) mass is 350 g/mol. The van der Waals surface area contributed by atoms with Crippen molar-refractivity contribution < 1.29 is 19.0 Å². The molecule has 0 radical (unpaired) electrons. The zero-order chi connectivity index (χ0) is 18.3. The van der Waals surface area contributed by atoms with Crippen LogP contribution in [-0.4, -0.2) is 44.9 Å². The van der Waals surface area contributed by atoms with E-state index in [1.807, 2.05) is 39.0 Å². The van der Waals surface area contributed by atoms with Crippen molar-refractivity contribution >= 4 is 5.91 Å². The summed E-state index contributed by atoms with van der Waals surface area (Å²) >= 11 is 0. The second kappa shape index (κ2) is 9.06. The number of benzene rings is 1. The van der Waals surface area contributed by atoms with Crippen LogP contribution in [0.1, 0.15) is 45.2 Å². The normalized spacial score (nSPS) is 17.6. The number of amides is 1. The van der Waals surface area contributed by atoms with Crippen LogP contribution in [-0.2, 0) is 9.53 Å². The van der Waals surface area contributed by atoms with Gasteiger partial charge in [-0.2, -0.15) is 0 Å². The minimum atomic E-state index is -0.743. The highest BCUT2D eigenvalue weighted by Gasteiger charge is 2.40. The Morgan fingerprint density at radius 3 is 2.44 bits per heavy atom. The highest BCUT2D eigenvalue weighted by Crippen LogP contribution is 2.31. The van der Waals surface area contributed by atoms with E-state index in [1.54, 1.807) is 7.11 Å². The van der Waals surface area contributed by atoms with Gasteiger partial charge in [-0.3, -0.25) is 4.79 Å². The van der Waals surface area contributed by atoms with E-state index < -0.39 is 5.60 Å². The molecule has 1 aromatic carbocycles. The van der Waals surface area contributed by atoms with Crippen LogP contribution in [0.3, 0.4) is 0 Å². The third-order valence-electron chi connectivity index (χ3n) is 4.63. The molecule has 1 aliphatic heterocycles. The summed E-state index contributed by atoms with van der Waals surface area (Å²) in [5.74, 6) is 1.36. The summed E-state index contributed by atoms with van der Waals surface area (Å²) in [5.41, 5.74) is 0.230. The van der Waals surface area contributed by atoms with Gasteiger partial charge in [0.25, 0.3) is 5.91 Å². The first-order valence-corrected chi connectivity index (χ1v) is 9.02. The molecule has 0 bridgehead atoms. The van der Waals surface area contributed by atoms with Crippen molar-refractivity contribution in [3.63, 3.8) is 0 Å². The second-order valence-corrected chi connectivity index (χ2v) is 6.22. The van der Waals surface area contributed by atoms with Crippen molar-refractivity contribution in [2.24, 2.45) is 0 Å². The average Bonchev–Trinajstić information content (AvgIpc) is 2.64. The molecule has 2 rings (SSSR count). The van der Waals surface area contributed by atoms with E-state index in [9.17, 15) is 4.79 Å². The van der Waals surface area contributed by atoms with Crippen molar-refractivity contribution in [2.45, 2.75) is 45.3 Å². The minimum absolute atomic E-state index is 0.0594. The molecule has 0 saturated carbocycles. The van der Waals surface area contributed by atoms with Crippen molar-refractivity contribution in [3.05, 3.63) is 23.8 Å². The van der Waals surface area contributed by atoms with E-state index in [-0.39, 0.29) is 11.9 Å². The molecule has 1 unspecified atom stereocenters. The van der Waals surface area contributed by atoms with Crippen LogP contribution in [0.15, 0.2) is 18.2 Å². The quantitative estimate of drug-likeness (QED) is 0.754. The van der Waals surface area contributed by atoms with Gasteiger partial charge in [0, 0.05) is 7.11 Å². The Kier molecular flexibility index (Phi) is 7.08. The Labute approximate surface area is 150 Å². The van der Waals surface area contributed by atoms with Crippen LogP contribution < -0.4 is 20.1 Å². The standard InChI is InChI=1S/C19H30N2O4/c1-5-24-16-8-7-15(13-17(16)25-6-2)14(3)21-18(22)19(23-4)9-11-20-12-10-19/h7-8,13-14,20H,5-6,9-12H2,1-4H3,(H,21,22). The van der Waals surface area contributed by atoms with Gasteiger partial charge in [-0.15, -0.1) is 0 Å². The van der Waals surface area contributed by atoms with Gasteiger partial charge in [0.2, 0.25) is 0 Å².